The lowest BCUT2D eigenvalue weighted by Crippen LogP contribution is -2.56. The van der Waals surface area contributed by atoms with Gasteiger partial charge in [0.05, 0.1) is 28.0 Å². The van der Waals surface area contributed by atoms with Crippen molar-refractivity contribution >= 4 is 68.9 Å². The fourth-order valence-corrected chi connectivity index (χ4v) is 11.2. The van der Waals surface area contributed by atoms with Crippen molar-refractivity contribution < 1.29 is 38.4 Å². The van der Waals surface area contributed by atoms with Crippen LogP contribution in [-0.4, -0.2) is 143 Å². The zero-order chi connectivity index (χ0) is 61.0. The van der Waals surface area contributed by atoms with Gasteiger partial charge in [-0.2, -0.15) is 0 Å². The van der Waals surface area contributed by atoms with Crippen molar-refractivity contribution in [2.45, 2.75) is 127 Å². The topological polar surface area (TPSA) is 293 Å². The van der Waals surface area contributed by atoms with Gasteiger partial charge in [-0.3, -0.25) is 48.3 Å². The van der Waals surface area contributed by atoms with Gasteiger partial charge in [0.15, 0.2) is 0 Å². The molecule has 0 saturated carbocycles. The minimum absolute atomic E-state index is 0.0976. The Hall–Kier alpha value is -8.88. The second kappa shape index (κ2) is 31.3. The van der Waals surface area contributed by atoms with E-state index in [1.165, 1.54) is 9.80 Å². The molecule has 0 aliphatic carbocycles. The standard InChI is InChI=1S/C66H80N12O8/c1-3-50-48(26-15-33-69-50)59(79)73-52(65(85)77-36-16-29-57(77)63(83)75-55(61(81)70-34-18-31-67)38-43-20-7-5-8-21-43)27-13-14-28-53(74-60(80)49-41-47-40-45-24-11-12-25-46(45)42-54(47)72-51(49)4-2)66(86)78-37-17-30-58(78)64(84)76-56(62(82)71-35-19-32-68)39-44-22-9-6-10-23-44/h5-15,20-26,33,40-42,52-53,55-58H,3-4,16-19,27-32,34-39,67-68H2,1-2H3,(H,70,81)(H,71,82)(H,73,79)(H,74,80)(H,75,83)(H,76,84)/b14-13+/t52?,53-,55-,56-,57-,58-/m0/s1. The number of fused-ring (bicyclic) bond motifs is 2. The van der Waals surface area contributed by atoms with Gasteiger partial charge in [0.25, 0.3) is 11.8 Å². The van der Waals surface area contributed by atoms with Crippen molar-refractivity contribution in [2.75, 3.05) is 39.3 Å². The number of nitrogens with one attached hydrogen (secondary N) is 6. The lowest BCUT2D eigenvalue weighted by molar-refractivity contribution is -0.140. The zero-order valence-electron chi connectivity index (χ0n) is 49.1. The zero-order valence-corrected chi connectivity index (χ0v) is 49.1. The van der Waals surface area contributed by atoms with Crippen molar-refractivity contribution in [3.8, 4) is 0 Å². The second-order valence-electron chi connectivity index (χ2n) is 21.8. The molecule has 20 nitrogen and oxygen atoms in total. The molecule has 8 rings (SSSR count). The summed E-state index contributed by atoms with van der Waals surface area (Å²) in [7, 11) is 0. The molecule has 2 aliphatic rings. The summed E-state index contributed by atoms with van der Waals surface area (Å²) in [6.45, 7) is 5.53. The lowest BCUT2D eigenvalue weighted by atomic mass is 10.0. The van der Waals surface area contributed by atoms with E-state index in [4.69, 9.17) is 16.5 Å². The molecule has 2 aromatic heterocycles. The van der Waals surface area contributed by atoms with Gasteiger partial charge in [0.1, 0.15) is 36.3 Å². The minimum Gasteiger partial charge on any atom is -0.354 e. The predicted molar refractivity (Wildman–Crippen MR) is 330 cm³/mol. The van der Waals surface area contributed by atoms with Gasteiger partial charge >= 0.3 is 0 Å². The highest BCUT2D eigenvalue weighted by Gasteiger charge is 2.41. The molecule has 452 valence electrons. The van der Waals surface area contributed by atoms with Crippen LogP contribution < -0.4 is 43.4 Å². The molecule has 0 spiro atoms. The number of aromatic nitrogens is 2. The molecule has 2 saturated heterocycles. The fraction of sp³-hybridized carbons (Fsp3) is 0.394. The molecule has 0 radical (unpaired) electrons. The fourth-order valence-electron chi connectivity index (χ4n) is 11.2. The molecule has 1 unspecified atom stereocenters. The van der Waals surface area contributed by atoms with E-state index in [1.54, 1.807) is 36.5 Å². The van der Waals surface area contributed by atoms with Gasteiger partial charge in [-0.25, -0.2) is 0 Å². The third-order valence-corrected chi connectivity index (χ3v) is 15.8. The molecule has 2 aliphatic heterocycles. The van der Waals surface area contributed by atoms with Crippen molar-refractivity contribution in [1.82, 2.24) is 51.7 Å². The Kier molecular flexibility index (Phi) is 23.0. The highest BCUT2D eigenvalue weighted by molar-refractivity contribution is 6.04. The number of aryl methyl sites for hydroxylation is 2. The van der Waals surface area contributed by atoms with Crippen molar-refractivity contribution in [1.29, 1.82) is 0 Å². The molecule has 0 bridgehead atoms. The van der Waals surface area contributed by atoms with Crippen LogP contribution in [0.15, 0.2) is 134 Å². The van der Waals surface area contributed by atoms with E-state index in [1.807, 2.05) is 111 Å². The maximum absolute atomic E-state index is 15.2. The van der Waals surface area contributed by atoms with Crippen LogP contribution in [0.5, 0.6) is 0 Å². The van der Waals surface area contributed by atoms with Gasteiger partial charge in [0.2, 0.25) is 35.4 Å². The molecule has 6 aromatic rings. The molecule has 20 heteroatoms. The lowest BCUT2D eigenvalue weighted by Gasteiger charge is -2.30. The first-order valence-electron chi connectivity index (χ1n) is 30.1. The van der Waals surface area contributed by atoms with Crippen molar-refractivity contribution in [3.05, 3.63) is 167 Å². The molecular weight excluding hydrogens is 1090 g/mol. The highest BCUT2D eigenvalue weighted by atomic mass is 16.2. The largest absolute Gasteiger partial charge is 0.354 e. The minimum atomic E-state index is -1.25. The number of carbonyl (C=O) groups excluding carboxylic acids is 8. The maximum atomic E-state index is 15.2. The number of pyridine rings is 2. The van der Waals surface area contributed by atoms with Crippen LogP contribution in [0.2, 0.25) is 0 Å². The Morgan fingerprint density at radius 3 is 1.51 bits per heavy atom. The van der Waals surface area contributed by atoms with Gasteiger partial charge in [-0.1, -0.05) is 111 Å². The number of amides is 8. The van der Waals surface area contributed by atoms with Crippen LogP contribution >= 0.6 is 0 Å². The number of likely N-dealkylation sites (tertiary alicyclic amines) is 2. The van der Waals surface area contributed by atoms with Crippen LogP contribution in [-0.2, 0) is 54.5 Å². The molecule has 2 fully saturated rings. The molecule has 6 atom stereocenters. The summed E-state index contributed by atoms with van der Waals surface area (Å²) in [5.41, 5.74) is 15.3. The average Bonchev–Trinajstić information content (AvgIpc) is 1.66. The van der Waals surface area contributed by atoms with E-state index in [0.29, 0.717) is 94.5 Å². The van der Waals surface area contributed by atoms with Crippen LogP contribution in [0.25, 0.3) is 21.7 Å². The van der Waals surface area contributed by atoms with Crippen LogP contribution in [0.3, 0.4) is 0 Å². The van der Waals surface area contributed by atoms with Crippen LogP contribution in [0, 0.1) is 0 Å². The summed E-state index contributed by atoms with van der Waals surface area (Å²) < 4.78 is 0. The maximum Gasteiger partial charge on any atom is 0.253 e. The summed E-state index contributed by atoms with van der Waals surface area (Å²) in [5, 5.41) is 20.2. The quantitative estimate of drug-likeness (QED) is 0.0191. The van der Waals surface area contributed by atoms with Crippen molar-refractivity contribution in [3.63, 3.8) is 0 Å². The van der Waals surface area contributed by atoms with Gasteiger partial charge in [-0.05, 0) is 130 Å². The van der Waals surface area contributed by atoms with E-state index < -0.39 is 71.7 Å². The number of benzene rings is 4. The van der Waals surface area contributed by atoms with E-state index in [9.17, 15) is 33.6 Å². The molecule has 10 N–H and O–H groups in total. The third-order valence-electron chi connectivity index (χ3n) is 15.8. The van der Waals surface area contributed by atoms with E-state index >= 15 is 4.79 Å². The van der Waals surface area contributed by atoms with E-state index in [0.717, 1.165) is 27.3 Å². The smallest absolute Gasteiger partial charge is 0.253 e. The van der Waals surface area contributed by atoms with Gasteiger partial charge in [-0.15, -0.1) is 0 Å². The normalized spacial score (nSPS) is 16.3. The first-order valence-corrected chi connectivity index (χ1v) is 30.1. The number of carbonyl (C=O) groups is 8. The third kappa shape index (κ3) is 16.5. The Morgan fingerprint density at radius 1 is 0.547 bits per heavy atom. The first kappa shape index (κ1) is 63.1. The summed E-state index contributed by atoms with van der Waals surface area (Å²) in [6.07, 6.45) is 8.56. The number of hydrogen-bond acceptors (Lipinski definition) is 12. The molecule has 8 amide bonds. The predicted octanol–water partition coefficient (Wildman–Crippen LogP) is 4.51. The number of nitrogens with zero attached hydrogens (tertiary/aromatic N) is 4. The second-order valence-corrected chi connectivity index (χ2v) is 21.8. The first-order chi connectivity index (χ1) is 41.8. The van der Waals surface area contributed by atoms with Crippen molar-refractivity contribution in [2.24, 2.45) is 11.5 Å². The Labute approximate surface area is 502 Å². The summed E-state index contributed by atoms with van der Waals surface area (Å²) in [5.74, 6) is -4.01. The molecule has 4 aromatic carbocycles. The number of rotatable bonds is 28. The van der Waals surface area contributed by atoms with Gasteiger partial charge in [0, 0.05) is 50.6 Å². The van der Waals surface area contributed by atoms with E-state index in [2.05, 4.69) is 36.9 Å². The Balaban J connectivity index is 1.07. The SMILES string of the molecule is CCc1ncccc1C(=O)NC(C/C=C/C[C@H](NC(=O)c1cc2cc3ccccc3cc2nc1CC)C(=O)N1CCC[C@H]1C(=O)N[C@@H](Cc1ccccc1)C(=O)NCCCN)C(=O)N1CCC[C@H]1C(=O)N[C@@H](Cc1ccccc1)C(=O)NCCCN. The Bertz CT molecular complexity index is 3380. The Morgan fingerprint density at radius 2 is 1.02 bits per heavy atom. The summed E-state index contributed by atoms with van der Waals surface area (Å²) >= 11 is 0. The number of hydrogen-bond donors (Lipinski definition) is 8. The average molecular weight is 1170 g/mol. The molecule has 4 heterocycles. The monoisotopic (exact) mass is 1170 g/mol. The summed E-state index contributed by atoms with van der Waals surface area (Å²) in [4.78, 5) is 127. The van der Waals surface area contributed by atoms with Crippen LogP contribution in [0.4, 0.5) is 0 Å². The summed E-state index contributed by atoms with van der Waals surface area (Å²) in [6, 6.07) is 29.1. The van der Waals surface area contributed by atoms with E-state index in [-0.39, 0.29) is 61.7 Å². The van der Waals surface area contributed by atoms with Crippen LogP contribution in [0.1, 0.15) is 108 Å². The molecular formula is C66H80N12O8. The highest BCUT2D eigenvalue weighted by Crippen LogP contribution is 2.26. The number of nitrogens with two attached hydrogens (primary N) is 2. The van der Waals surface area contributed by atoms with Gasteiger partial charge < -0.3 is 53.2 Å². The molecule has 86 heavy (non-hydrogen) atoms.